The van der Waals surface area contributed by atoms with Crippen molar-refractivity contribution in [2.24, 2.45) is 11.8 Å². The number of nitriles is 1. The summed E-state index contributed by atoms with van der Waals surface area (Å²) in [6.07, 6.45) is 2.59. The first-order valence-electron chi connectivity index (χ1n) is 5.06. The molecule has 1 saturated carbocycles. The molecule has 0 radical (unpaired) electrons. The highest BCUT2D eigenvalue weighted by atomic mass is 16.6. The number of rotatable bonds is 1. The third-order valence-electron chi connectivity index (χ3n) is 2.39. The van der Waals surface area contributed by atoms with Crippen LogP contribution in [0.1, 0.15) is 40.0 Å². The summed E-state index contributed by atoms with van der Waals surface area (Å²) >= 11 is 0. The van der Waals surface area contributed by atoms with Crippen LogP contribution in [0.3, 0.4) is 0 Å². The number of hydrogen-bond acceptors (Lipinski definition) is 3. The van der Waals surface area contributed by atoms with E-state index in [2.05, 4.69) is 6.07 Å². The number of esters is 1. The van der Waals surface area contributed by atoms with Crippen LogP contribution in [-0.2, 0) is 9.53 Å². The molecular weight excluding hydrogens is 178 g/mol. The molecule has 0 N–H and O–H groups in total. The predicted octanol–water partition coefficient (Wildman–Crippen LogP) is 2.27. The molecule has 14 heavy (non-hydrogen) atoms. The van der Waals surface area contributed by atoms with Crippen LogP contribution in [0.5, 0.6) is 0 Å². The lowest BCUT2D eigenvalue weighted by atomic mass is 9.97. The third kappa shape index (κ3) is 2.73. The van der Waals surface area contributed by atoms with E-state index in [4.69, 9.17) is 10.00 Å². The highest BCUT2D eigenvalue weighted by molar-refractivity contribution is 5.74. The summed E-state index contributed by atoms with van der Waals surface area (Å²) in [5, 5.41) is 8.83. The number of nitrogens with zero attached hydrogens (tertiary/aromatic N) is 1. The van der Waals surface area contributed by atoms with Crippen LogP contribution in [0.15, 0.2) is 0 Å². The van der Waals surface area contributed by atoms with Crippen molar-refractivity contribution < 1.29 is 9.53 Å². The molecule has 0 bridgehead atoms. The van der Waals surface area contributed by atoms with Crippen LogP contribution in [-0.4, -0.2) is 11.6 Å². The largest absolute Gasteiger partial charge is 0.460 e. The average Bonchev–Trinajstić information content (AvgIpc) is 2.47. The highest BCUT2D eigenvalue weighted by Gasteiger charge is 2.35. The number of carbonyl (C=O) groups is 1. The lowest BCUT2D eigenvalue weighted by Gasteiger charge is -2.22. The second-order valence-electron chi connectivity index (χ2n) is 4.81. The van der Waals surface area contributed by atoms with Gasteiger partial charge in [0.25, 0.3) is 0 Å². The zero-order valence-corrected chi connectivity index (χ0v) is 9.04. The lowest BCUT2D eigenvalue weighted by Crippen LogP contribution is -2.30. The van der Waals surface area contributed by atoms with E-state index in [1.54, 1.807) is 0 Å². The van der Waals surface area contributed by atoms with Crippen LogP contribution >= 0.6 is 0 Å². The van der Waals surface area contributed by atoms with E-state index in [1.807, 2.05) is 20.8 Å². The Morgan fingerprint density at radius 2 is 2.07 bits per heavy atom. The van der Waals surface area contributed by atoms with E-state index in [1.165, 1.54) is 0 Å². The summed E-state index contributed by atoms with van der Waals surface area (Å²) in [5.74, 6) is -0.536. The zero-order valence-electron chi connectivity index (χ0n) is 9.04. The maximum absolute atomic E-state index is 11.7. The molecule has 2 atom stereocenters. The first-order chi connectivity index (χ1) is 6.44. The molecule has 3 nitrogen and oxygen atoms in total. The minimum absolute atomic E-state index is 0.134. The first kappa shape index (κ1) is 11.0. The molecule has 78 valence electrons. The quantitative estimate of drug-likeness (QED) is 0.603. The van der Waals surface area contributed by atoms with Crippen LogP contribution in [0.2, 0.25) is 0 Å². The molecule has 0 spiro atoms. The standard InChI is InChI=1S/C11H17NO2/c1-11(2,3)14-10(13)9-6-4-5-8(9)7-12/h8-9H,4-6H2,1-3H3/t8-,9+/m1/s1. The van der Waals surface area contributed by atoms with Gasteiger partial charge in [0.05, 0.1) is 17.9 Å². The van der Waals surface area contributed by atoms with E-state index in [0.29, 0.717) is 0 Å². The summed E-state index contributed by atoms with van der Waals surface area (Å²) in [7, 11) is 0. The van der Waals surface area contributed by atoms with Gasteiger partial charge in [-0.3, -0.25) is 4.79 Å². The maximum Gasteiger partial charge on any atom is 0.310 e. The molecule has 1 aliphatic rings. The molecule has 1 rings (SSSR count). The fourth-order valence-corrected chi connectivity index (χ4v) is 1.77. The lowest BCUT2D eigenvalue weighted by molar-refractivity contribution is -0.160. The Labute approximate surface area is 85.1 Å². The third-order valence-corrected chi connectivity index (χ3v) is 2.39. The monoisotopic (exact) mass is 195 g/mol. The molecule has 0 amide bonds. The topological polar surface area (TPSA) is 50.1 Å². The van der Waals surface area contributed by atoms with Crippen molar-refractivity contribution in [2.45, 2.75) is 45.6 Å². The van der Waals surface area contributed by atoms with Crippen molar-refractivity contribution >= 4 is 5.97 Å². The number of hydrogen-bond donors (Lipinski definition) is 0. The Kier molecular flexibility index (Phi) is 3.15. The minimum atomic E-state index is -0.445. The molecule has 0 unspecified atom stereocenters. The van der Waals surface area contributed by atoms with Crippen molar-refractivity contribution in [3.05, 3.63) is 0 Å². The normalized spacial score (nSPS) is 27.0. The molecule has 1 aliphatic carbocycles. The van der Waals surface area contributed by atoms with Crippen LogP contribution in [0.4, 0.5) is 0 Å². The van der Waals surface area contributed by atoms with Gasteiger partial charge in [0.15, 0.2) is 0 Å². The predicted molar refractivity (Wildman–Crippen MR) is 52.3 cm³/mol. The Morgan fingerprint density at radius 3 is 2.57 bits per heavy atom. The summed E-state index contributed by atoms with van der Waals surface area (Å²) in [6, 6.07) is 2.18. The van der Waals surface area contributed by atoms with Crippen molar-refractivity contribution in [3.8, 4) is 6.07 Å². The SMILES string of the molecule is CC(C)(C)OC(=O)[C@H]1CCC[C@@H]1C#N. The number of ether oxygens (including phenoxy) is 1. The molecule has 0 aromatic carbocycles. The second kappa shape index (κ2) is 4.00. The Morgan fingerprint density at radius 1 is 1.43 bits per heavy atom. The van der Waals surface area contributed by atoms with E-state index in [9.17, 15) is 4.79 Å². The molecular formula is C11H17NO2. The fourth-order valence-electron chi connectivity index (χ4n) is 1.77. The van der Waals surface area contributed by atoms with E-state index in [0.717, 1.165) is 19.3 Å². The van der Waals surface area contributed by atoms with Crippen LogP contribution in [0, 0.1) is 23.2 Å². The van der Waals surface area contributed by atoms with Gasteiger partial charge in [-0.15, -0.1) is 0 Å². The molecule has 0 heterocycles. The Bertz CT molecular complexity index is 259. The van der Waals surface area contributed by atoms with Crippen molar-refractivity contribution in [3.63, 3.8) is 0 Å². The zero-order chi connectivity index (χ0) is 10.8. The van der Waals surface area contributed by atoms with Crippen molar-refractivity contribution in [1.29, 1.82) is 5.26 Å². The van der Waals surface area contributed by atoms with Gasteiger partial charge >= 0.3 is 5.97 Å². The van der Waals surface area contributed by atoms with E-state index in [-0.39, 0.29) is 17.8 Å². The van der Waals surface area contributed by atoms with Gasteiger partial charge in [-0.05, 0) is 33.6 Å². The number of carbonyl (C=O) groups excluding carboxylic acids is 1. The van der Waals surface area contributed by atoms with Gasteiger partial charge in [-0.2, -0.15) is 5.26 Å². The van der Waals surface area contributed by atoms with Crippen molar-refractivity contribution in [2.75, 3.05) is 0 Å². The first-order valence-corrected chi connectivity index (χ1v) is 5.06. The second-order valence-corrected chi connectivity index (χ2v) is 4.81. The molecule has 0 saturated heterocycles. The summed E-state index contributed by atoms with van der Waals surface area (Å²) in [6.45, 7) is 5.55. The molecule has 0 aromatic rings. The summed E-state index contributed by atoms with van der Waals surface area (Å²) in [5.41, 5.74) is -0.445. The molecule has 0 aliphatic heterocycles. The van der Waals surface area contributed by atoms with Gasteiger partial charge in [-0.1, -0.05) is 6.42 Å². The summed E-state index contributed by atoms with van der Waals surface area (Å²) in [4.78, 5) is 11.7. The highest BCUT2D eigenvalue weighted by Crippen LogP contribution is 2.32. The van der Waals surface area contributed by atoms with E-state index >= 15 is 0 Å². The van der Waals surface area contributed by atoms with Crippen molar-refractivity contribution in [1.82, 2.24) is 0 Å². The molecule has 3 heteroatoms. The van der Waals surface area contributed by atoms with E-state index < -0.39 is 5.60 Å². The fraction of sp³-hybridized carbons (Fsp3) is 0.818. The molecule has 0 aromatic heterocycles. The Balaban J connectivity index is 2.57. The maximum atomic E-state index is 11.7. The smallest absolute Gasteiger partial charge is 0.310 e. The van der Waals surface area contributed by atoms with Gasteiger partial charge in [0.1, 0.15) is 5.60 Å². The van der Waals surface area contributed by atoms with Crippen LogP contribution in [0.25, 0.3) is 0 Å². The average molecular weight is 195 g/mol. The Hall–Kier alpha value is -1.04. The molecule has 1 fully saturated rings. The minimum Gasteiger partial charge on any atom is -0.460 e. The van der Waals surface area contributed by atoms with Gasteiger partial charge in [0, 0.05) is 0 Å². The summed E-state index contributed by atoms with van der Waals surface area (Å²) < 4.78 is 5.26. The van der Waals surface area contributed by atoms with Gasteiger partial charge < -0.3 is 4.74 Å². The van der Waals surface area contributed by atoms with Gasteiger partial charge in [-0.25, -0.2) is 0 Å². The van der Waals surface area contributed by atoms with Crippen LogP contribution < -0.4 is 0 Å². The van der Waals surface area contributed by atoms with Gasteiger partial charge in [0.2, 0.25) is 0 Å².